The summed E-state index contributed by atoms with van der Waals surface area (Å²) in [5, 5.41) is 0.0860. The van der Waals surface area contributed by atoms with Gasteiger partial charge in [-0.15, -0.1) is 0 Å². The third kappa shape index (κ3) is 4.52. The Bertz CT molecular complexity index is 1730. The zero-order chi connectivity index (χ0) is 26.9. The molecule has 1 unspecified atom stereocenters. The SMILES string of the molecule is COc1cc(C2c3c(oc4ccc(F)cc4c3=O)C(=O)N2Cc2ccccc2)ccc1OCc1ccccc1. The van der Waals surface area contributed by atoms with Gasteiger partial charge in [0.15, 0.2) is 16.9 Å². The number of carbonyl (C=O) groups is 1. The summed E-state index contributed by atoms with van der Waals surface area (Å²) in [6, 6.07) is 27.5. The van der Waals surface area contributed by atoms with E-state index in [-0.39, 0.29) is 28.8 Å². The van der Waals surface area contributed by atoms with Gasteiger partial charge < -0.3 is 18.8 Å². The topological polar surface area (TPSA) is 69.0 Å². The van der Waals surface area contributed by atoms with Crippen LogP contribution in [-0.4, -0.2) is 17.9 Å². The molecule has 4 aromatic carbocycles. The molecule has 1 aliphatic heterocycles. The van der Waals surface area contributed by atoms with Gasteiger partial charge in [0.1, 0.15) is 18.0 Å². The number of hydrogen-bond acceptors (Lipinski definition) is 5. The highest BCUT2D eigenvalue weighted by molar-refractivity contribution is 5.99. The van der Waals surface area contributed by atoms with Crippen LogP contribution in [0.3, 0.4) is 0 Å². The fraction of sp³-hybridized carbons (Fsp3) is 0.125. The van der Waals surface area contributed by atoms with Crippen molar-refractivity contribution in [1.82, 2.24) is 4.90 Å². The molecule has 194 valence electrons. The van der Waals surface area contributed by atoms with Gasteiger partial charge in [0.2, 0.25) is 5.76 Å². The minimum atomic E-state index is -0.770. The molecule has 7 heteroatoms. The van der Waals surface area contributed by atoms with E-state index >= 15 is 0 Å². The Hall–Kier alpha value is -4.91. The molecule has 1 atom stereocenters. The highest BCUT2D eigenvalue weighted by Gasteiger charge is 2.43. The molecule has 1 aromatic heterocycles. The van der Waals surface area contributed by atoms with Crippen LogP contribution < -0.4 is 14.9 Å². The molecule has 0 fully saturated rings. The molecule has 0 aliphatic carbocycles. The second-order valence-corrected chi connectivity index (χ2v) is 9.32. The first-order chi connectivity index (χ1) is 19.0. The van der Waals surface area contributed by atoms with E-state index in [0.717, 1.165) is 17.2 Å². The van der Waals surface area contributed by atoms with Crippen LogP contribution in [0.5, 0.6) is 11.5 Å². The third-order valence-electron chi connectivity index (χ3n) is 6.86. The molecular weight excluding hydrogens is 497 g/mol. The van der Waals surface area contributed by atoms with Gasteiger partial charge in [-0.05, 0) is 47.0 Å². The molecule has 39 heavy (non-hydrogen) atoms. The Morgan fingerprint density at radius 1 is 0.846 bits per heavy atom. The van der Waals surface area contributed by atoms with Gasteiger partial charge in [-0.1, -0.05) is 66.7 Å². The van der Waals surface area contributed by atoms with Crippen molar-refractivity contribution >= 4 is 16.9 Å². The van der Waals surface area contributed by atoms with E-state index in [1.54, 1.807) is 17.0 Å². The number of rotatable bonds is 7. The van der Waals surface area contributed by atoms with E-state index in [1.165, 1.54) is 19.2 Å². The lowest BCUT2D eigenvalue weighted by Gasteiger charge is -2.26. The van der Waals surface area contributed by atoms with E-state index < -0.39 is 23.2 Å². The largest absolute Gasteiger partial charge is 0.493 e. The summed E-state index contributed by atoms with van der Waals surface area (Å²) in [5.74, 6) is -0.0237. The van der Waals surface area contributed by atoms with Gasteiger partial charge in [0.25, 0.3) is 5.91 Å². The van der Waals surface area contributed by atoms with E-state index in [9.17, 15) is 14.0 Å². The molecule has 0 bridgehead atoms. The van der Waals surface area contributed by atoms with Crippen molar-refractivity contribution in [3.8, 4) is 11.5 Å². The molecule has 0 N–H and O–H groups in total. The van der Waals surface area contributed by atoms with Crippen LogP contribution in [0.4, 0.5) is 4.39 Å². The summed E-state index contributed by atoms with van der Waals surface area (Å²) >= 11 is 0. The lowest BCUT2D eigenvalue weighted by molar-refractivity contribution is 0.0714. The Labute approximate surface area is 223 Å². The van der Waals surface area contributed by atoms with E-state index in [4.69, 9.17) is 13.9 Å². The van der Waals surface area contributed by atoms with Crippen molar-refractivity contribution in [1.29, 1.82) is 0 Å². The van der Waals surface area contributed by atoms with Crippen molar-refractivity contribution in [2.24, 2.45) is 0 Å². The molecule has 0 radical (unpaired) electrons. The van der Waals surface area contributed by atoms with Crippen LogP contribution in [0.25, 0.3) is 11.0 Å². The summed E-state index contributed by atoms with van der Waals surface area (Å²) < 4.78 is 31.7. The number of ether oxygens (including phenoxy) is 2. The Balaban J connectivity index is 1.45. The van der Waals surface area contributed by atoms with E-state index in [0.29, 0.717) is 23.7 Å². The van der Waals surface area contributed by atoms with E-state index in [2.05, 4.69) is 0 Å². The number of benzene rings is 4. The van der Waals surface area contributed by atoms with Crippen LogP contribution in [0.2, 0.25) is 0 Å². The number of carbonyl (C=O) groups excluding carboxylic acids is 1. The maximum absolute atomic E-state index is 14.1. The molecule has 6 rings (SSSR count). The molecule has 1 amide bonds. The predicted octanol–water partition coefficient (Wildman–Crippen LogP) is 6.27. The van der Waals surface area contributed by atoms with Crippen molar-refractivity contribution in [2.45, 2.75) is 19.2 Å². The molecule has 6 nitrogen and oxygen atoms in total. The van der Waals surface area contributed by atoms with Crippen LogP contribution >= 0.6 is 0 Å². The maximum atomic E-state index is 14.1. The van der Waals surface area contributed by atoms with Crippen molar-refractivity contribution in [2.75, 3.05) is 7.11 Å². The number of amides is 1. The summed E-state index contributed by atoms with van der Waals surface area (Å²) in [7, 11) is 1.54. The second-order valence-electron chi connectivity index (χ2n) is 9.32. The smallest absolute Gasteiger partial charge is 0.291 e. The van der Waals surface area contributed by atoms with Gasteiger partial charge in [-0.2, -0.15) is 0 Å². The monoisotopic (exact) mass is 521 g/mol. The number of hydrogen-bond donors (Lipinski definition) is 0. The lowest BCUT2D eigenvalue weighted by Crippen LogP contribution is -2.29. The molecule has 0 saturated heterocycles. The van der Waals surface area contributed by atoms with Crippen LogP contribution in [0.15, 0.2) is 106 Å². The number of nitrogens with zero attached hydrogens (tertiary/aromatic N) is 1. The zero-order valence-electron chi connectivity index (χ0n) is 21.1. The third-order valence-corrected chi connectivity index (χ3v) is 6.86. The highest BCUT2D eigenvalue weighted by atomic mass is 19.1. The normalized spacial score (nSPS) is 14.5. The van der Waals surface area contributed by atoms with Gasteiger partial charge in [-0.3, -0.25) is 9.59 Å². The maximum Gasteiger partial charge on any atom is 0.291 e. The second kappa shape index (κ2) is 10.1. The fourth-order valence-electron chi connectivity index (χ4n) is 4.99. The molecule has 1 aliphatic rings. The van der Waals surface area contributed by atoms with Crippen LogP contribution in [0.1, 0.15) is 38.9 Å². The summed E-state index contributed by atoms with van der Waals surface area (Å²) in [4.78, 5) is 29.0. The Morgan fingerprint density at radius 3 is 2.28 bits per heavy atom. The Morgan fingerprint density at radius 2 is 1.56 bits per heavy atom. The average molecular weight is 522 g/mol. The lowest BCUT2D eigenvalue weighted by atomic mass is 9.97. The number of halogens is 1. The molecule has 0 spiro atoms. The minimum absolute atomic E-state index is 0.0385. The average Bonchev–Trinajstić information content (AvgIpc) is 3.24. The quantitative estimate of drug-likeness (QED) is 0.253. The van der Waals surface area contributed by atoms with Crippen molar-refractivity contribution < 1.29 is 23.1 Å². The number of methoxy groups -OCH3 is 1. The van der Waals surface area contributed by atoms with Gasteiger partial charge in [0.05, 0.1) is 24.1 Å². The first-order valence-electron chi connectivity index (χ1n) is 12.5. The molecular formula is C32H24FNO5. The van der Waals surface area contributed by atoms with Gasteiger partial charge in [-0.25, -0.2) is 4.39 Å². The highest BCUT2D eigenvalue weighted by Crippen LogP contribution is 2.42. The minimum Gasteiger partial charge on any atom is -0.493 e. The zero-order valence-corrected chi connectivity index (χ0v) is 21.1. The standard InChI is InChI=1S/C32H24FNO5/c1-37-27-16-22(12-14-26(27)38-19-21-10-6-3-7-11-21)29-28-30(35)24-17-23(33)13-15-25(24)39-31(28)32(36)34(29)18-20-8-4-2-5-9-20/h2-17,29H,18-19H2,1H3. The first kappa shape index (κ1) is 24.4. The fourth-order valence-corrected chi connectivity index (χ4v) is 4.99. The van der Waals surface area contributed by atoms with Gasteiger partial charge in [0, 0.05) is 6.54 Å². The van der Waals surface area contributed by atoms with E-state index in [1.807, 2.05) is 66.7 Å². The molecule has 5 aromatic rings. The van der Waals surface area contributed by atoms with Crippen LogP contribution in [-0.2, 0) is 13.2 Å². The van der Waals surface area contributed by atoms with Crippen LogP contribution in [0, 0.1) is 5.82 Å². The van der Waals surface area contributed by atoms with Crippen molar-refractivity contribution in [3.63, 3.8) is 0 Å². The first-order valence-corrected chi connectivity index (χ1v) is 12.5. The summed E-state index contributed by atoms with van der Waals surface area (Å²) in [5.41, 5.74) is 2.43. The summed E-state index contributed by atoms with van der Waals surface area (Å²) in [6.45, 7) is 0.593. The number of fused-ring (bicyclic) bond motifs is 2. The summed E-state index contributed by atoms with van der Waals surface area (Å²) in [6.07, 6.45) is 0. The molecule has 2 heterocycles. The van der Waals surface area contributed by atoms with Crippen molar-refractivity contribution in [3.05, 3.63) is 141 Å². The Kier molecular flexibility index (Phi) is 6.32. The predicted molar refractivity (Wildman–Crippen MR) is 144 cm³/mol. The molecule has 0 saturated carbocycles. The van der Waals surface area contributed by atoms with Gasteiger partial charge >= 0.3 is 0 Å².